The van der Waals surface area contributed by atoms with Crippen LogP contribution in [0.2, 0.25) is 0 Å². The van der Waals surface area contributed by atoms with Gasteiger partial charge < -0.3 is 19.9 Å². The van der Waals surface area contributed by atoms with Crippen LogP contribution < -0.4 is 0 Å². The molecule has 4 aliphatic rings. The zero-order chi connectivity index (χ0) is 32.8. The van der Waals surface area contributed by atoms with Gasteiger partial charge in [0.2, 0.25) is 0 Å². The number of hydrogen-bond donors (Lipinski definition) is 4. The molecule has 0 unspecified atom stereocenters. The summed E-state index contributed by atoms with van der Waals surface area (Å²) in [4.78, 5) is 34.6. The van der Waals surface area contributed by atoms with E-state index in [9.17, 15) is 0 Å². The molecule has 0 saturated carbocycles. The van der Waals surface area contributed by atoms with Crippen molar-refractivity contribution in [2.45, 2.75) is 0 Å². The summed E-state index contributed by atoms with van der Waals surface area (Å²) in [7, 11) is 0. The van der Waals surface area contributed by atoms with Crippen LogP contribution in [-0.2, 0) is 0 Å². The Kier molecular flexibility index (Phi) is 5.51. The highest BCUT2D eigenvalue weighted by Gasteiger charge is 2.14. The van der Waals surface area contributed by atoms with E-state index >= 15 is 0 Å². The molecule has 7 aromatic rings. The third-order valence-electron chi connectivity index (χ3n) is 9.65. The van der Waals surface area contributed by atoms with Crippen LogP contribution in [0.25, 0.3) is 114 Å². The average molecular weight is 643 g/mol. The molecule has 11 rings (SSSR count). The molecule has 8 nitrogen and oxygen atoms in total. The molecule has 8 heteroatoms. The number of hydrogen-bond acceptors (Lipinski definition) is 4. The molecular weight excluding hydrogens is 617 g/mol. The molecule has 0 fully saturated rings. The molecule has 0 radical (unpaired) electrons. The van der Waals surface area contributed by atoms with Gasteiger partial charge in [0, 0.05) is 43.6 Å². The molecule has 0 spiro atoms. The SMILES string of the molecule is C1=Cc2nc1ccc1ccc([nH]1)c1nc(c3cc4c5nc(c6ccc(ccc7nc(c8ccc([nH]8)c4cc3c3ccc2[nH]3)C=C7)[nH]6)C=C5)C=C1. The number of rotatable bonds is 0. The largest absolute Gasteiger partial charge is 0.354 e. The standard InChI is InChI=1S/C42H26N8/c1-2-24-6-10-36(44-24)40-18-14-32(48-40)28-22-30-29(21-27(28)31-13-17-39(47-31)35-9-5-23(1)43-35)33-15-19-41(49-33)37-11-7-25(45-37)3-4-26-8-12-38(46-26)42-20-16-34(30)50-42/h1-22,43,45,48,50H. The van der Waals surface area contributed by atoms with Crippen LogP contribution in [0, 0.1) is 0 Å². The Labute approximate surface area is 284 Å². The lowest BCUT2D eigenvalue weighted by molar-refractivity contribution is 1.32. The molecule has 16 bridgehead atoms. The van der Waals surface area contributed by atoms with Gasteiger partial charge >= 0.3 is 0 Å². The second-order valence-electron chi connectivity index (χ2n) is 12.8. The van der Waals surface area contributed by atoms with Gasteiger partial charge in [0.1, 0.15) is 0 Å². The second-order valence-corrected chi connectivity index (χ2v) is 12.8. The Balaban J connectivity index is 1.33. The summed E-state index contributed by atoms with van der Waals surface area (Å²) in [6, 6.07) is 29.4. The number of nitrogens with one attached hydrogen (secondary N) is 4. The fourth-order valence-electron chi connectivity index (χ4n) is 7.11. The second kappa shape index (κ2) is 10.2. The number of aromatic nitrogens is 8. The Bertz CT molecular complexity index is 2900. The molecule has 4 aliphatic heterocycles. The minimum Gasteiger partial charge on any atom is -0.354 e. The smallest absolute Gasteiger partial charge is 0.0872 e. The lowest BCUT2D eigenvalue weighted by Gasteiger charge is -2.04. The van der Waals surface area contributed by atoms with Gasteiger partial charge in [0.25, 0.3) is 0 Å². The van der Waals surface area contributed by atoms with Gasteiger partial charge in [-0.3, -0.25) is 0 Å². The van der Waals surface area contributed by atoms with E-state index in [-0.39, 0.29) is 0 Å². The van der Waals surface area contributed by atoms with Crippen LogP contribution in [0.1, 0.15) is 45.6 Å². The predicted octanol–water partition coefficient (Wildman–Crippen LogP) is 9.93. The van der Waals surface area contributed by atoms with Crippen LogP contribution in [0.5, 0.6) is 0 Å². The Morgan fingerprint density at radius 3 is 1.16 bits per heavy atom. The van der Waals surface area contributed by atoms with Gasteiger partial charge in [-0.2, -0.15) is 0 Å². The van der Waals surface area contributed by atoms with Gasteiger partial charge in [0.05, 0.1) is 67.6 Å². The van der Waals surface area contributed by atoms with Crippen LogP contribution in [0.15, 0.2) is 84.9 Å². The molecule has 4 N–H and O–H groups in total. The van der Waals surface area contributed by atoms with Crippen molar-refractivity contribution < 1.29 is 0 Å². The summed E-state index contributed by atoms with van der Waals surface area (Å²) in [5.41, 5.74) is 14.8. The Hall–Kier alpha value is -7.06. The highest BCUT2D eigenvalue weighted by molar-refractivity contribution is 6.13. The zero-order valence-corrected chi connectivity index (χ0v) is 26.5. The van der Waals surface area contributed by atoms with E-state index in [0.29, 0.717) is 0 Å². The minimum atomic E-state index is 0.877. The van der Waals surface area contributed by atoms with Crippen molar-refractivity contribution in [3.63, 3.8) is 0 Å². The first-order valence-electron chi connectivity index (χ1n) is 16.6. The monoisotopic (exact) mass is 642 g/mol. The lowest BCUT2D eigenvalue weighted by Crippen LogP contribution is -1.85. The van der Waals surface area contributed by atoms with E-state index in [0.717, 1.165) is 111 Å². The van der Waals surface area contributed by atoms with Crippen molar-refractivity contribution >= 4 is 114 Å². The Morgan fingerprint density at radius 1 is 0.280 bits per heavy atom. The molecule has 0 atom stereocenters. The van der Waals surface area contributed by atoms with E-state index in [1.807, 2.05) is 36.4 Å². The van der Waals surface area contributed by atoms with Crippen LogP contribution in [0.4, 0.5) is 0 Å². The topological polar surface area (TPSA) is 115 Å². The van der Waals surface area contributed by atoms with Crippen molar-refractivity contribution in [3.8, 4) is 0 Å². The van der Waals surface area contributed by atoms with Gasteiger partial charge in [-0.25, -0.2) is 19.9 Å². The normalized spacial score (nSPS) is 13.3. The zero-order valence-electron chi connectivity index (χ0n) is 26.5. The van der Waals surface area contributed by atoms with E-state index in [4.69, 9.17) is 19.9 Å². The Morgan fingerprint density at radius 2 is 0.640 bits per heavy atom. The quantitative estimate of drug-likeness (QED) is 0.132. The fraction of sp³-hybridized carbons (Fsp3) is 0. The van der Waals surface area contributed by atoms with E-state index in [1.54, 1.807) is 0 Å². The molecule has 6 aromatic heterocycles. The summed E-state index contributed by atoms with van der Waals surface area (Å²) in [5.74, 6) is 0. The first-order valence-corrected chi connectivity index (χ1v) is 16.6. The maximum Gasteiger partial charge on any atom is 0.0872 e. The molecule has 10 heterocycles. The fourth-order valence-corrected chi connectivity index (χ4v) is 7.11. The highest BCUT2D eigenvalue weighted by atomic mass is 14.8. The van der Waals surface area contributed by atoms with Crippen molar-refractivity contribution in [1.82, 2.24) is 39.9 Å². The van der Waals surface area contributed by atoms with Crippen molar-refractivity contribution in [2.75, 3.05) is 0 Å². The molecule has 50 heavy (non-hydrogen) atoms. The summed E-state index contributed by atoms with van der Waals surface area (Å²) < 4.78 is 0. The average Bonchev–Trinajstić information content (AvgIpc) is 3.99. The lowest BCUT2D eigenvalue weighted by atomic mass is 10.0. The van der Waals surface area contributed by atoms with E-state index in [1.165, 1.54) is 0 Å². The highest BCUT2D eigenvalue weighted by Crippen LogP contribution is 2.34. The van der Waals surface area contributed by atoms with E-state index < -0.39 is 0 Å². The molecule has 0 aliphatic carbocycles. The predicted molar refractivity (Wildman–Crippen MR) is 206 cm³/mol. The third kappa shape index (κ3) is 4.32. The molecular formula is C42H26N8. The van der Waals surface area contributed by atoms with Crippen LogP contribution in [0.3, 0.4) is 0 Å². The minimum absolute atomic E-state index is 0.877. The van der Waals surface area contributed by atoms with Crippen LogP contribution >= 0.6 is 0 Å². The number of H-pyrrole nitrogens is 4. The van der Waals surface area contributed by atoms with E-state index in [2.05, 4.69) is 117 Å². The van der Waals surface area contributed by atoms with Gasteiger partial charge in [-0.05, 0) is 134 Å². The maximum atomic E-state index is 5.18. The van der Waals surface area contributed by atoms with Crippen molar-refractivity contribution in [1.29, 1.82) is 0 Å². The summed E-state index contributed by atoms with van der Waals surface area (Å²) >= 11 is 0. The molecule has 1 aromatic carbocycles. The number of benzene rings is 1. The number of aromatic amines is 4. The van der Waals surface area contributed by atoms with Gasteiger partial charge in [0.15, 0.2) is 0 Å². The summed E-state index contributed by atoms with van der Waals surface area (Å²) in [6.07, 6.45) is 16.5. The van der Waals surface area contributed by atoms with Crippen molar-refractivity contribution in [2.24, 2.45) is 0 Å². The summed E-state index contributed by atoms with van der Waals surface area (Å²) in [6.45, 7) is 0. The van der Waals surface area contributed by atoms with Crippen LogP contribution in [-0.4, -0.2) is 39.9 Å². The van der Waals surface area contributed by atoms with Crippen molar-refractivity contribution in [3.05, 3.63) is 130 Å². The third-order valence-corrected chi connectivity index (χ3v) is 9.65. The molecule has 234 valence electrons. The number of fused-ring (bicyclic) bond motifs is 26. The molecule has 0 saturated heterocycles. The number of nitrogens with zero attached hydrogens (tertiary/aromatic N) is 4. The first-order chi connectivity index (χ1) is 24.7. The van der Waals surface area contributed by atoms with Gasteiger partial charge in [-0.1, -0.05) is 0 Å². The maximum absolute atomic E-state index is 5.18. The summed E-state index contributed by atoms with van der Waals surface area (Å²) in [5, 5.41) is 4.05. The molecule has 0 amide bonds. The van der Waals surface area contributed by atoms with Gasteiger partial charge in [-0.15, -0.1) is 0 Å². The first kappa shape index (κ1) is 26.9.